The fourth-order valence-corrected chi connectivity index (χ4v) is 2.98. The molecule has 0 aliphatic carbocycles. The molecule has 132 valence electrons. The van der Waals surface area contributed by atoms with Gasteiger partial charge in [0.05, 0.1) is 17.7 Å². The van der Waals surface area contributed by atoms with Crippen LogP contribution in [-0.2, 0) is 4.79 Å². The summed E-state index contributed by atoms with van der Waals surface area (Å²) in [6.45, 7) is 2.10. The third kappa shape index (κ3) is 4.85. The number of hydrogen-bond acceptors (Lipinski definition) is 3. The van der Waals surface area contributed by atoms with E-state index in [1.165, 1.54) is 12.0 Å². The molecule has 7 heteroatoms. The van der Waals surface area contributed by atoms with Gasteiger partial charge < -0.3 is 15.4 Å². The predicted octanol–water partition coefficient (Wildman–Crippen LogP) is 3.78. The average molecular weight is 473 g/mol. The smallest absolute Gasteiger partial charge is 0.262 e. The van der Waals surface area contributed by atoms with Crippen molar-refractivity contribution < 1.29 is 14.3 Å². The van der Waals surface area contributed by atoms with Crippen LogP contribution in [0.15, 0.2) is 36.4 Å². The van der Waals surface area contributed by atoms with Gasteiger partial charge in [-0.3, -0.25) is 9.59 Å². The van der Waals surface area contributed by atoms with Gasteiger partial charge in [0.1, 0.15) is 5.75 Å². The maximum atomic E-state index is 13.1. The second kappa shape index (κ2) is 8.53. The largest absolute Gasteiger partial charge is 0.496 e. The van der Waals surface area contributed by atoms with Crippen LogP contribution in [0.25, 0.3) is 0 Å². The number of nitrogens with zero attached hydrogens (tertiary/aromatic N) is 1. The van der Waals surface area contributed by atoms with E-state index in [0.717, 1.165) is 9.13 Å². The van der Waals surface area contributed by atoms with Crippen molar-refractivity contribution in [2.45, 2.75) is 13.3 Å². The number of benzene rings is 2. The topological polar surface area (TPSA) is 72.6 Å². The van der Waals surface area contributed by atoms with E-state index in [2.05, 4.69) is 22.6 Å². The number of methoxy groups -OCH3 is 1. The van der Waals surface area contributed by atoms with Crippen LogP contribution in [0.1, 0.15) is 22.3 Å². The van der Waals surface area contributed by atoms with Crippen LogP contribution in [0.3, 0.4) is 0 Å². The molecule has 0 saturated carbocycles. The fraction of sp³-hybridized carbons (Fsp3) is 0.222. The number of aryl methyl sites for hydroxylation is 1. The highest BCUT2D eigenvalue weighted by Crippen LogP contribution is 2.30. The summed E-state index contributed by atoms with van der Waals surface area (Å²) in [5.41, 5.74) is 7.28. The number of anilines is 1. The number of rotatable bonds is 6. The Morgan fingerprint density at radius 1 is 1.28 bits per heavy atom. The van der Waals surface area contributed by atoms with Crippen LogP contribution in [-0.4, -0.2) is 25.5 Å². The third-order valence-electron chi connectivity index (χ3n) is 3.61. The standard InChI is InChI=1S/C18H18ClIN2O3/c1-11-4-3-5-12(8-11)22(7-6-17(21)23)18(24)13-9-14(19)15(20)10-16(13)25-2/h3-5,8-10H,6-7H2,1-2H3,(H2,21,23). The minimum atomic E-state index is -0.474. The van der Waals surface area contributed by atoms with Gasteiger partial charge in [-0.05, 0) is 59.3 Å². The first-order valence-electron chi connectivity index (χ1n) is 7.53. The van der Waals surface area contributed by atoms with Gasteiger partial charge in [0.15, 0.2) is 0 Å². The second-order valence-corrected chi connectivity index (χ2v) is 7.05. The zero-order chi connectivity index (χ0) is 18.6. The lowest BCUT2D eigenvalue weighted by Gasteiger charge is -2.24. The number of halogens is 2. The number of nitrogens with two attached hydrogens (primary N) is 1. The van der Waals surface area contributed by atoms with Crippen molar-refractivity contribution in [3.63, 3.8) is 0 Å². The van der Waals surface area contributed by atoms with E-state index in [9.17, 15) is 9.59 Å². The first-order chi connectivity index (χ1) is 11.8. The Kier molecular flexibility index (Phi) is 6.66. The summed E-state index contributed by atoms with van der Waals surface area (Å²) in [6, 6.07) is 10.8. The molecule has 0 aliphatic heterocycles. The molecule has 0 unspecified atom stereocenters. The molecule has 2 N–H and O–H groups in total. The molecule has 0 aliphatic rings. The molecule has 2 amide bonds. The van der Waals surface area contributed by atoms with Crippen LogP contribution in [0, 0.1) is 10.5 Å². The van der Waals surface area contributed by atoms with Gasteiger partial charge in [-0.25, -0.2) is 0 Å². The van der Waals surface area contributed by atoms with Crippen molar-refractivity contribution in [1.29, 1.82) is 0 Å². The Hall–Kier alpha value is -1.80. The van der Waals surface area contributed by atoms with E-state index < -0.39 is 5.91 Å². The van der Waals surface area contributed by atoms with Gasteiger partial charge in [-0.15, -0.1) is 0 Å². The lowest BCUT2D eigenvalue weighted by Crippen LogP contribution is -2.34. The molecule has 0 radical (unpaired) electrons. The van der Waals surface area contributed by atoms with E-state index in [4.69, 9.17) is 22.1 Å². The van der Waals surface area contributed by atoms with Gasteiger partial charge >= 0.3 is 0 Å². The van der Waals surface area contributed by atoms with Crippen molar-refractivity contribution in [2.75, 3.05) is 18.6 Å². The van der Waals surface area contributed by atoms with Crippen molar-refractivity contribution >= 4 is 51.7 Å². The van der Waals surface area contributed by atoms with Crippen LogP contribution >= 0.6 is 34.2 Å². The maximum absolute atomic E-state index is 13.1. The average Bonchev–Trinajstić information content (AvgIpc) is 2.56. The third-order valence-corrected chi connectivity index (χ3v) is 5.14. The van der Waals surface area contributed by atoms with Crippen LogP contribution in [0.5, 0.6) is 5.75 Å². The number of primary amides is 1. The highest BCUT2D eigenvalue weighted by molar-refractivity contribution is 14.1. The first kappa shape index (κ1) is 19.5. The van der Waals surface area contributed by atoms with Crippen molar-refractivity contribution in [1.82, 2.24) is 0 Å². The molecule has 0 atom stereocenters. The van der Waals surface area contributed by atoms with Gasteiger partial charge in [-0.2, -0.15) is 0 Å². The quantitative estimate of drug-likeness (QED) is 0.650. The number of amides is 2. The van der Waals surface area contributed by atoms with Crippen LogP contribution < -0.4 is 15.4 Å². The molecule has 2 aromatic carbocycles. The van der Waals surface area contributed by atoms with Crippen molar-refractivity contribution in [2.24, 2.45) is 5.73 Å². The minimum absolute atomic E-state index is 0.0557. The zero-order valence-corrected chi connectivity index (χ0v) is 16.8. The maximum Gasteiger partial charge on any atom is 0.262 e. The predicted molar refractivity (Wildman–Crippen MR) is 107 cm³/mol. The highest BCUT2D eigenvalue weighted by atomic mass is 127. The van der Waals surface area contributed by atoms with E-state index >= 15 is 0 Å². The van der Waals surface area contributed by atoms with Gasteiger partial charge in [0.25, 0.3) is 5.91 Å². The van der Waals surface area contributed by atoms with E-state index in [0.29, 0.717) is 22.0 Å². The second-order valence-electron chi connectivity index (χ2n) is 5.48. The first-order valence-corrected chi connectivity index (χ1v) is 8.99. The summed E-state index contributed by atoms with van der Waals surface area (Å²) in [5, 5.41) is 0.462. The molecule has 0 aromatic heterocycles. The Labute approximate surface area is 165 Å². The fourth-order valence-electron chi connectivity index (χ4n) is 2.38. The van der Waals surface area contributed by atoms with Gasteiger partial charge in [-0.1, -0.05) is 23.7 Å². The Balaban J connectivity index is 2.48. The summed E-state index contributed by atoms with van der Waals surface area (Å²) < 4.78 is 6.12. The van der Waals surface area contributed by atoms with Gasteiger partial charge in [0, 0.05) is 22.2 Å². The lowest BCUT2D eigenvalue weighted by atomic mass is 10.1. The summed E-state index contributed by atoms with van der Waals surface area (Å²) in [4.78, 5) is 25.9. The Morgan fingerprint density at radius 3 is 2.60 bits per heavy atom. The number of carbonyl (C=O) groups excluding carboxylic acids is 2. The molecule has 0 bridgehead atoms. The van der Waals surface area contributed by atoms with E-state index in [1.54, 1.807) is 12.1 Å². The SMILES string of the molecule is COc1cc(I)c(Cl)cc1C(=O)N(CCC(N)=O)c1cccc(C)c1. The number of ether oxygens (including phenoxy) is 1. The molecule has 25 heavy (non-hydrogen) atoms. The number of carbonyl (C=O) groups is 2. The Morgan fingerprint density at radius 2 is 2.00 bits per heavy atom. The number of hydrogen-bond donors (Lipinski definition) is 1. The molecule has 2 rings (SSSR count). The summed E-state index contributed by atoms with van der Waals surface area (Å²) in [5.74, 6) is -0.351. The molecular formula is C18H18ClIN2O3. The lowest BCUT2D eigenvalue weighted by molar-refractivity contribution is -0.117. The molecule has 2 aromatic rings. The summed E-state index contributed by atoms with van der Waals surface area (Å²) >= 11 is 8.26. The zero-order valence-electron chi connectivity index (χ0n) is 13.9. The molecule has 0 heterocycles. The normalized spacial score (nSPS) is 10.4. The highest BCUT2D eigenvalue weighted by Gasteiger charge is 2.23. The van der Waals surface area contributed by atoms with Crippen LogP contribution in [0.2, 0.25) is 5.02 Å². The summed E-state index contributed by atoms with van der Waals surface area (Å²) in [6.07, 6.45) is 0.0557. The van der Waals surface area contributed by atoms with Crippen molar-refractivity contribution in [3.05, 3.63) is 56.1 Å². The molecule has 0 fully saturated rings. The van der Waals surface area contributed by atoms with Gasteiger partial charge in [0.2, 0.25) is 5.91 Å². The molecule has 0 spiro atoms. The summed E-state index contributed by atoms with van der Waals surface area (Å²) in [7, 11) is 1.50. The Bertz CT molecular complexity index is 811. The van der Waals surface area contributed by atoms with Crippen LogP contribution in [0.4, 0.5) is 5.69 Å². The molecule has 5 nitrogen and oxygen atoms in total. The molecule has 0 saturated heterocycles. The monoisotopic (exact) mass is 472 g/mol. The van der Waals surface area contributed by atoms with Crippen molar-refractivity contribution in [3.8, 4) is 5.75 Å². The van der Waals surface area contributed by atoms with E-state index in [1.807, 2.05) is 31.2 Å². The molecular weight excluding hydrogens is 455 g/mol. The minimum Gasteiger partial charge on any atom is -0.496 e. The van der Waals surface area contributed by atoms with E-state index in [-0.39, 0.29) is 18.9 Å².